The standard InChI is InChI=1S/C12H26N2O2/c1-11(2)7-5-8-13-12(15)14(3)9-6-10-16-4/h11H,5-10H2,1-4H3,(H,13,15). The van der Waals surface area contributed by atoms with Crippen molar-refractivity contribution in [3.05, 3.63) is 0 Å². The van der Waals surface area contributed by atoms with Gasteiger partial charge in [0, 0.05) is 33.9 Å². The van der Waals surface area contributed by atoms with Gasteiger partial charge in [-0.05, 0) is 25.2 Å². The maximum absolute atomic E-state index is 11.6. The summed E-state index contributed by atoms with van der Waals surface area (Å²) in [6.45, 7) is 6.60. The topological polar surface area (TPSA) is 41.6 Å². The molecular weight excluding hydrogens is 204 g/mol. The number of nitrogens with one attached hydrogen (secondary N) is 1. The third kappa shape index (κ3) is 8.53. The van der Waals surface area contributed by atoms with Crippen molar-refractivity contribution >= 4 is 6.03 Å². The largest absolute Gasteiger partial charge is 0.385 e. The van der Waals surface area contributed by atoms with Gasteiger partial charge in [0.1, 0.15) is 0 Å². The van der Waals surface area contributed by atoms with Gasteiger partial charge < -0.3 is 15.0 Å². The number of hydrogen-bond acceptors (Lipinski definition) is 2. The van der Waals surface area contributed by atoms with Gasteiger partial charge in [-0.25, -0.2) is 4.79 Å². The Kier molecular flexibility index (Phi) is 9.00. The van der Waals surface area contributed by atoms with E-state index in [4.69, 9.17) is 4.74 Å². The van der Waals surface area contributed by atoms with Gasteiger partial charge in [0.05, 0.1) is 0 Å². The predicted molar refractivity (Wildman–Crippen MR) is 66.6 cm³/mol. The fourth-order valence-electron chi connectivity index (χ4n) is 1.39. The Morgan fingerprint density at radius 1 is 1.38 bits per heavy atom. The summed E-state index contributed by atoms with van der Waals surface area (Å²) >= 11 is 0. The van der Waals surface area contributed by atoms with Gasteiger partial charge in [-0.1, -0.05) is 13.8 Å². The van der Waals surface area contributed by atoms with E-state index in [-0.39, 0.29) is 6.03 Å². The third-order valence-electron chi connectivity index (χ3n) is 2.42. The van der Waals surface area contributed by atoms with Gasteiger partial charge in [-0.3, -0.25) is 0 Å². The van der Waals surface area contributed by atoms with Crippen LogP contribution >= 0.6 is 0 Å². The Balaban J connectivity index is 3.47. The first-order valence-corrected chi connectivity index (χ1v) is 6.05. The fraction of sp³-hybridized carbons (Fsp3) is 0.917. The van der Waals surface area contributed by atoms with Crippen LogP contribution in [0.3, 0.4) is 0 Å². The van der Waals surface area contributed by atoms with Crippen molar-refractivity contribution in [2.45, 2.75) is 33.1 Å². The quantitative estimate of drug-likeness (QED) is 0.649. The summed E-state index contributed by atoms with van der Waals surface area (Å²) < 4.78 is 4.94. The molecule has 96 valence electrons. The van der Waals surface area contributed by atoms with Crippen LogP contribution in [-0.4, -0.2) is 44.8 Å². The summed E-state index contributed by atoms with van der Waals surface area (Å²) in [6, 6.07) is 0.0138. The smallest absolute Gasteiger partial charge is 0.317 e. The van der Waals surface area contributed by atoms with E-state index in [1.54, 1.807) is 12.0 Å². The Morgan fingerprint density at radius 3 is 2.62 bits per heavy atom. The lowest BCUT2D eigenvalue weighted by molar-refractivity contribution is 0.175. The summed E-state index contributed by atoms with van der Waals surface area (Å²) in [5, 5.41) is 2.91. The van der Waals surface area contributed by atoms with E-state index in [0.29, 0.717) is 12.5 Å². The van der Waals surface area contributed by atoms with E-state index in [1.165, 1.54) is 0 Å². The lowest BCUT2D eigenvalue weighted by Gasteiger charge is -2.17. The van der Waals surface area contributed by atoms with E-state index in [2.05, 4.69) is 19.2 Å². The second-order valence-electron chi connectivity index (χ2n) is 4.54. The van der Waals surface area contributed by atoms with Crippen LogP contribution in [0.25, 0.3) is 0 Å². The summed E-state index contributed by atoms with van der Waals surface area (Å²) in [5.41, 5.74) is 0. The number of carbonyl (C=O) groups excluding carboxylic acids is 1. The number of rotatable bonds is 8. The minimum Gasteiger partial charge on any atom is -0.385 e. The van der Waals surface area contributed by atoms with Crippen LogP contribution in [0, 0.1) is 5.92 Å². The van der Waals surface area contributed by atoms with Gasteiger partial charge in [0.2, 0.25) is 0 Å². The first-order valence-electron chi connectivity index (χ1n) is 6.05. The molecule has 0 rings (SSSR count). The molecule has 0 bridgehead atoms. The van der Waals surface area contributed by atoms with Crippen LogP contribution in [-0.2, 0) is 4.74 Å². The van der Waals surface area contributed by atoms with Gasteiger partial charge >= 0.3 is 6.03 Å². The molecule has 0 atom stereocenters. The predicted octanol–water partition coefficient (Wildman–Crippen LogP) is 2.10. The molecule has 0 aromatic carbocycles. The zero-order valence-electron chi connectivity index (χ0n) is 11.1. The highest BCUT2D eigenvalue weighted by atomic mass is 16.5. The number of amides is 2. The van der Waals surface area contributed by atoms with Crippen molar-refractivity contribution < 1.29 is 9.53 Å². The van der Waals surface area contributed by atoms with Crippen LogP contribution in [0.15, 0.2) is 0 Å². The summed E-state index contributed by atoms with van der Waals surface area (Å²) in [5.74, 6) is 0.705. The molecule has 0 aliphatic heterocycles. The van der Waals surface area contributed by atoms with Crippen LogP contribution in [0.4, 0.5) is 4.79 Å². The van der Waals surface area contributed by atoms with Crippen molar-refractivity contribution in [3.8, 4) is 0 Å². The first-order chi connectivity index (χ1) is 7.57. The molecule has 4 nitrogen and oxygen atoms in total. The number of nitrogens with zero attached hydrogens (tertiary/aromatic N) is 1. The average molecular weight is 230 g/mol. The Labute approximate surface area is 99.3 Å². The number of urea groups is 1. The van der Waals surface area contributed by atoms with Gasteiger partial charge in [0.15, 0.2) is 0 Å². The zero-order valence-corrected chi connectivity index (χ0v) is 11.1. The molecule has 0 heterocycles. The van der Waals surface area contributed by atoms with E-state index in [9.17, 15) is 4.79 Å². The molecule has 0 aliphatic rings. The van der Waals surface area contributed by atoms with Crippen molar-refractivity contribution in [2.24, 2.45) is 5.92 Å². The molecule has 1 N–H and O–H groups in total. The fourth-order valence-corrected chi connectivity index (χ4v) is 1.39. The Hall–Kier alpha value is -0.770. The lowest BCUT2D eigenvalue weighted by Crippen LogP contribution is -2.38. The molecule has 4 heteroatoms. The van der Waals surface area contributed by atoms with E-state index < -0.39 is 0 Å². The van der Waals surface area contributed by atoms with Crippen molar-refractivity contribution in [2.75, 3.05) is 33.9 Å². The molecular formula is C12H26N2O2. The third-order valence-corrected chi connectivity index (χ3v) is 2.42. The molecule has 0 spiro atoms. The Bertz CT molecular complexity index is 184. The van der Waals surface area contributed by atoms with Crippen LogP contribution in [0.5, 0.6) is 0 Å². The Morgan fingerprint density at radius 2 is 2.06 bits per heavy atom. The first kappa shape index (κ1) is 15.2. The van der Waals surface area contributed by atoms with Crippen LogP contribution < -0.4 is 5.32 Å². The van der Waals surface area contributed by atoms with E-state index in [1.807, 2.05) is 7.05 Å². The van der Waals surface area contributed by atoms with Gasteiger partial charge in [0.25, 0.3) is 0 Å². The number of methoxy groups -OCH3 is 1. The second kappa shape index (κ2) is 9.46. The number of carbonyl (C=O) groups is 1. The van der Waals surface area contributed by atoms with Crippen LogP contribution in [0.1, 0.15) is 33.1 Å². The molecule has 0 aromatic rings. The summed E-state index contributed by atoms with van der Waals surface area (Å²) in [7, 11) is 3.49. The lowest BCUT2D eigenvalue weighted by atomic mass is 10.1. The highest BCUT2D eigenvalue weighted by Gasteiger charge is 2.06. The minimum atomic E-state index is 0.0138. The molecule has 0 saturated heterocycles. The molecule has 0 fully saturated rings. The highest BCUT2D eigenvalue weighted by molar-refractivity contribution is 5.73. The minimum absolute atomic E-state index is 0.0138. The maximum atomic E-state index is 11.6. The molecule has 0 aliphatic carbocycles. The van der Waals surface area contributed by atoms with Crippen molar-refractivity contribution in [1.29, 1.82) is 0 Å². The molecule has 0 unspecified atom stereocenters. The molecule has 0 saturated carbocycles. The zero-order chi connectivity index (χ0) is 12.4. The molecule has 2 amide bonds. The second-order valence-corrected chi connectivity index (χ2v) is 4.54. The highest BCUT2D eigenvalue weighted by Crippen LogP contribution is 2.01. The molecule has 16 heavy (non-hydrogen) atoms. The number of ether oxygens (including phenoxy) is 1. The van der Waals surface area contributed by atoms with Crippen molar-refractivity contribution in [1.82, 2.24) is 10.2 Å². The average Bonchev–Trinajstić information content (AvgIpc) is 2.24. The maximum Gasteiger partial charge on any atom is 0.317 e. The van der Waals surface area contributed by atoms with E-state index >= 15 is 0 Å². The molecule has 0 aromatic heterocycles. The molecule has 0 radical (unpaired) electrons. The monoisotopic (exact) mass is 230 g/mol. The normalized spacial score (nSPS) is 10.6. The van der Waals surface area contributed by atoms with Crippen molar-refractivity contribution in [3.63, 3.8) is 0 Å². The SMILES string of the molecule is COCCCN(C)C(=O)NCCCC(C)C. The summed E-state index contributed by atoms with van der Waals surface area (Å²) in [6.07, 6.45) is 3.09. The summed E-state index contributed by atoms with van der Waals surface area (Å²) in [4.78, 5) is 13.3. The van der Waals surface area contributed by atoms with Gasteiger partial charge in [-0.15, -0.1) is 0 Å². The van der Waals surface area contributed by atoms with E-state index in [0.717, 1.165) is 32.4 Å². The van der Waals surface area contributed by atoms with Crippen LogP contribution in [0.2, 0.25) is 0 Å². The van der Waals surface area contributed by atoms with Gasteiger partial charge in [-0.2, -0.15) is 0 Å². The number of hydrogen-bond donors (Lipinski definition) is 1.